The number of pyridine rings is 1. The van der Waals surface area contributed by atoms with E-state index in [4.69, 9.17) is 17.0 Å². The molecule has 0 saturated carbocycles. The average molecular weight is 361 g/mol. The number of ether oxygens (including phenoxy) is 1. The molecule has 2 heterocycles. The number of methoxy groups -OCH3 is 1. The maximum Gasteiger partial charge on any atom is 0.215 e. The highest BCUT2D eigenvalue weighted by molar-refractivity contribution is 9.10. The number of rotatable bonds is 2. The lowest BCUT2D eigenvalue weighted by molar-refractivity contribution is 0.399. The third-order valence-corrected chi connectivity index (χ3v) is 3.81. The van der Waals surface area contributed by atoms with Gasteiger partial charge in [0.2, 0.25) is 5.88 Å². The maximum atomic E-state index is 9.30. The van der Waals surface area contributed by atoms with Crippen LogP contribution in [0.3, 0.4) is 0 Å². The van der Waals surface area contributed by atoms with E-state index < -0.39 is 0 Å². The summed E-state index contributed by atoms with van der Waals surface area (Å²) < 4.78 is 8.22. The summed E-state index contributed by atoms with van der Waals surface area (Å²) in [5, 5.41) is 9.30. The molecule has 0 bridgehead atoms. The summed E-state index contributed by atoms with van der Waals surface area (Å²) in [6, 6.07) is 11.2. The molecule has 0 aliphatic heterocycles. The summed E-state index contributed by atoms with van der Waals surface area (Å²) in [7, 11) is 1.56. The molecule has 0 fully saturated rings. The van der Waals surface area contributed by atoms with E-state index in [1.807, 2.05) is 18.2 Å². The Balaban J connectivity index is 2.40. The summed E-state index contributed by atoms with van der Waals surface area (Å²) in [5.41, 5.74) is 2.59. The highest BCUT2D eigenvalue weighted by Gasteiger charge is 2.13. The quantitative estimate of drug-likeness (QED) is 0.707. The van der Waals surface area contributed by atoms with Crippen molar-refractivity contribution in [3.8, 4) is 17.6 Å². The van der Waals surface area contributed by atoms with Crippen LogP contribution in [0.1, 0.15) is 5.56 Å². The van der Waals surface area contributed by atoms with Crippen molar-refractivity contribution in [3.05, 3.63) is 45.1 Å². The van der Waals surface area contributed by atoms with Crippen LogP contribution < -0.4 is 4.74 Å². The zero-order valence-corrected chi connectivity index (χ0v) is 13.3. The summed E-state index contributed by atoms with van der Waals surface area (Å²) in [5.74, 6) is 0.485. The summed E-state index contributed by atoms with van der Waals surface area (Å²) in [6.45, 7) is 0. The monoisotopic (exact) mass is 360 g/mol. The first-order valence-electron chi connectivity index (χ1n) is 6.00. The SMILES string of the molecule is COc1ccc2[nH]c(=S)n(-c3cc(Br)ccc3C#N)c2n1. The van der Waals surface area contributed by atoms with Crippen molar-refractivity contribution >= 4 is 39.3 Å². The second kappa shape index (κ2) is 5.31. The molecule has 3 aromatic rings. The fraction of sp³-hybridized carbons (Fsp3) is 0.0714. The first-order chi connectivity index (χ1) is 10.1. The van der Waals surface area contributed by atoms with Gasteiger partial charge in [0.05, 0.1) is 23.9 Å². The van der Waals surface area contributed by atoms with Gasteiger partial charge in [0, 0.05) is 10.5 Å². The third kappa shape index (κ3) is 2.33. The van der Waals surface area contributed by atoms with Crippen LogP contribution in [-0.4, -0.2) is 21.6 Å². The number of halogens is 1. The van der Waals surface area contributed by atoms with Gasteiger partial charge >= 0.3 is 0 Å². The Hall–Kier alpha value is -2.17. The molecular formula is C14H9BrN4OS. The number of H-pyrrole nitrogens is 1. The first kappa shape index (κ1) is 13.8. The number of hydrogen-bond donors (Lipinski definition) is 1. The Kier molecular flexibility index (Phi) is 3.49. The molecule has 0 aliphatic carbocycles. The Morgan fingerprint density at radius 1 is 1.38 bits per heavy atom. The molecule has 0 amide bonds. The number of nitrogens with one attached hydrogen (secondary N) is 1. The Morgan fingerprint density at radius 3 is 2.90 bits per heavy atom. The van der Waals surface area contributed by atoms with Crippen LogP contribution in [0.2, 0.25) is 0 Å². The maximum absolute atomic E-state index is 9.30. The van der Waals surface area contributed by atoms with E-state index in [2.05, 4.69) is 32.0 Å². The van der Waals surface area contributed by atoms with Crippen LogP contribution >= 0.6 is 28.1 Å². The van der Waals surface area contributed by atoms with Crippen LogP contribution in [0.4, 0.5) is 0 Å². The Labute approximate surface area is 133 Å². The largest absolute Gasteiger partial charge is 0.481 e. The van der Waals surface area contributed by atoms with Crippen molar-refractivity contribution < 1.29 is 4.74 Å². The molecule has 0 saturated heterocycles. The molecule has 5 nitrogen and oxygen atoms in total. The standard InChI is InChI=1S/C14H9BrN4OS/c1-20-12-5-4-10-13(18-12)19(14(21)17-10)11-6-9(15)3-2-8(11)7-16/h2-6H,1H3,(H,17,21). The smallest absolute Gasteiger partial charge is 0.215 e. The van der Waals surface area contributed by atoms with Crippen LogP contribution in [0.25, 0.3) is 16.9 Å². The van der Waals surface area contributed by atoms with E-state index in [0.717, 1.165) is 9.99 Å². The summed E-state index contributed by atoms with van der Waals surface area (Å²) >= 11 is 8.78. The number of nitriles is 1. The van der Waals surface area contributed by atoms with E-state index in [1.54, 1.807) is 23.8 Å². The third-order valence-electron chi connectivity index (χ3n) is 3.04. The normalized spacial score (nSPS) is 10.5. The summed E-state index contributed by atoms with van der Waals surface area (Å²) in [4.78, 5) is 7.50. The molecule has 0 aliphatic rings. The molecule has 3 rings (SSSR count). The number of aromatic nitrogens is 3. The lowest BCUT2D eigenvalue weighted by atomic mass is 10.2. The van der Waals surface area contributed by atoms with Crippen LogP contribution in [0.5, 0.6) is 5.88 Å². The molecule has 0 atom stereocenters. The van der Waals surface area contributed by atoms with Crippen molar-refractivity contribution in [3.63, 3.8) is 0 Å². The number of imidazole rings is 1. The molecule has 1 aromatic carbocycles. The Bertz CT molecular complexity index is 938. The molecule has 21 heavy (non-hydrogen) atoms. The lowest BCUT2D eigenvalue weighted by Crippen LogP contribution is -1.99. The van der Waals surface area contributed by atoms with E-state index in [9.17, 15) is 5.26 Å². The fourth-order valence-corrected chi connectivity index (χ4v) is 2.73. The highest BCUT2D eigenvalue weighted by atomic mass is 79.9. The second-order valence-corrected chi connectivity index (χ2v) is 5.57. The van der Waals surface area contributed by atoms with Crippen molar-refractivity contribution in [1.82, 2.24) is 14.5 Å². The van der Waals surface area contributed by atoms with Gasteiger partial charge in [-0.3, -0.25) is 4.57 Å². The lowest BCUT2D eigenvalue weighted by Gasteiger charge is -2.07. The van der Waals surface area contributed by atoms with Gasteiger partial charge in [-0.25, -0.2) is 0 Å². The summed E-state index contributed by atoms with van der Waals surface area (Å²) in [6.07, 6.45) is 0. The average Bonchev–Trinajstić information content (AvgIpc) is 2.81. The van der Waals surface area contributed by atoms with Gasteiger partial charge in [0.1, 0.15) is 6.07 Å². The van der Waals surface area contributed by atoms with Crippen molar-refractivity contribution in [2.45, 2.75) is 0 Å². The number of fused-ring (bicyclic) bond motifs is 1. The van der Waals surface area contributed by atoms with Crippen molar-refractivity contribution in [1.29, 1.82) is 5.26 Å². The van der Waals surface area contributed by atoms with E-state index >= 15 is 0 Å². The number of nitrogens with zero attached hydrogens (tertiary/aromatic N) is 3. The van der Waals surface area contributed by atoms with Crippen molar-refractivity contribution in [2.24, 2.45) is 0 Å². The van der Waals surface area contributed by atoms with Gasteiger partial charge in [0.15, 0.2) is 10.4 Å². The minimum atomic E-state index is 0.473. The van der Waals surface area contributed by atoms with E-state index in [1.165, 1.54) is 0 Å². The molecule has 1 N–H and O–H groups in total. The van der Waals surface area contributed by atoms with Crippen LogP contribution in [-0.2, 0) is 0 Å². The van der Waals surface area contributed by atoms with Gasteiger partial charge in [-0.15, -0.1) is 0 Å². The van der Waals surface area contributed by atoms with Crippen molar-refractivity contribution in [2.75, 3.05) is 7.11 Å². The molecule has 104 valence electrons. The zero-order valence-electron chi connectivity index (χ0n) is 10.9. The minimum Gasteiger partial charge on any atom is -0.481 e. The number of benzene rings is 1. The molecular weight excluding hydrogens is 352 g/mol. The molecule has 0 unspecified atom stereocenters. The first-order valence-corrected chi connectivity index (χ1v) is 7.20. The minimum absolute atomic E-state index is 0.473. The van der Waals surface area contributed by atoms with Crippen LogP contribution in [0.15, 0.2) is 34.8 Å². The molecule has 0 spiro atoms. The fourth-order valence-electron chi connectivity index (χ4n) is 2.09. The number of aromatic amines is 1. The van der Waals surface area contributed by atoms with Gasteiger partial charge < -0.3 is 9.72 Å². The van der Waals surface area contributed by atoms with Gasteiger partial charge in [-0.05, 0) is 36.5 Å². The van der Waals surface area contributed by atoms with Crippen LogP contribution in [0, 0.1) is 16.1 Å². The molecule has 7 heteroatoms. The predicted octanol–water partition coefficient (Wildman–Crippen LogP) is 3.73. The zero-order chi connectivity index (χ0) is 15.0. The number of hydrogen-bond acceptors (Lipinski definition) is 4. The molecule has 2 aromatic heterocycles. The van der Waals surface area contributed by atoms with Gasteiger partial charge in [-0.2, -0.15) is 10.2 Å². The highest BCUT2D eigenvalue weighted by Crippen LogP contribution is 2.25. The predicted molar refractivity (Wildman–Crippen MR) is 85.2 cm³/mol. The van der Waals surface area contributed by atoms with Gasteiger partial charge in [0.25, 0.3) is 0 Å². The Morgan fingerprint density at radius 2 is 2.19 bits per heavy atom. The van der Waals surface area contributed by atoms with Gasteiger partial charge in [-0.1, -0.05) is 15.9 Å². The second-order valence-electron chi connectivity index (χ2n) is 4.26. The van der Waals surface area contributed by atoms with E-state index in [-0.39, 0.29) is 0 Å². The van der Waals surface area contributed by atoms with E-state index in [0.29, 0.717) is 27.5 Å². The molecule has 0 radical (unpaired) electrons. The topological polar surface area (TPSA) is 66.6 Å².